The van der Waals surface area contributed by atoms with Crippen LogP contribution >= 0.6 is 0 Å². The van der Waals surface area contributed by atoms with Crippen LogP contribution in [0.3, 0.4) is 0 Å². The number of carbonyl (C=O) groups is 1. The Balaban J connectivity index is 0. The first-order valence-corrected chi connectivity index (χ1v) is 4.00. The Bertz CT molecular complexity index is 120. The fourth-order valence-electron chi connectivity index (χ4n) is 0.899. The normalized spacial score (nSPS) is 11.8. The van der Waals surface area contributed by atoms with Gasteiger partial charge in [-0.1, -0.05) is 26.2 Å². The standard InChI is InChI=1S/C8H15FO2.Na/c1-2-3-4-5-7(9)6-8(10)11;/h7H,2-6H2,1H3,(H,10,11);/q;+1/p-1. The molecule has 0 aliphatic carbocycles. The summed E-state index contributed by atoms with van der Waals surface area (Å²) < 4.78 is 12.6. The molecule has 0 aromatic carbocycles. The summed E-state index contributed by atoms with van der Waals surface area (Å²) in [5.41, 5.74) is 0. The summed E-state index contributed by atoms with van der Waals surface area (Å²) in [6.45, 7) is 2.02. The second kappa shape index (κ2) is 9.49. The van der Waals surface area contributed by atoms with E-state index in [1.54, 1.807) is 0 Å². The van der Waals surface area contributed by atoms with Gasteiger partial charge in [-0.2, -0.15) is 0 Å². The Morgan fingerprint density at radius 2 is 2.08 bits per heavy atom. The maximum atomic E-state index is 12.6. The Morgan fingerprint density at radius 3 is 2.50 bits per heavy atom. The molecule has 1 unspecified atom stereocenters. The van der Waals surface area contributed by atoms with Gasteiger partial charge in [0.15, 0.2) is 0 Å². The van der Waals surface area contributed by atoms with Crippen LogP contribution in [0.1, 0.15) is 39.0 Å². The van der Waals surface area contributed by atoms with E-state index in [1.807, 2.05) is 6.92 Å². The third-order valence-corrected chi connectivity index (χ3v) is 1.51. The topological polar surface area (TPSA) is 40.1 Å². The SMILES string of the molecule is CCCCCC(F)CC(=O)[O-].[Na+]. The molecule has 0 rings (SSSR count). The van der Waals surface area contributed by atoms with Crippen LogP contribution in [0.4, 0.5) is 4.39 Å². The molecule has 0 spiro atoms. The van der Waals surface area contributed by atoms with Crippen molar-refractivity contribution < 1.29 is 43.8 Å². The molecule has 0 bridgehead atoms. The second-order valence-electron chi connectivity index (χ2n) is 2.67. The minimum atomic E-state index is -1.30. The van der Waals surface area contributed by atoms with Gasteiger partial charge >= 0.3 is 29.6 Å². The Labute approximate surface area is 94.8 Å². The van der Waals surface area contributed by atoms with Crippen molar-refractivity contribution in [1.82, 2.24) is 0 Å². The summed E-state index contributed by atoms with van der Waals surface area (Å²) in [4.78, 5) is 9.89. The first-order valence-electron chi connectivity index (χ1n) is 4.00. The molecule has 1 atom stereocenters. The Morgan fingerprint density at radius 1 is 1.50 bits per heavy atom. The molecule has 0 amide bonds. The maximum Gasteiger partial charge on any atom is 1.00 e. The van der Waals surface area contributed by atoms with Crippen LogP contribution in [0.15, 0.2) is 0 Å². The van der Waals surface area contributed by atoms with Gasteiger partial charge in [0.1, 0.15) is 6.17 Å². The molecule has 0 saturated carbocycles. The first kappa shape index (κ1) is 14.9. The van der Waals surface area contributed by atoms with E-state index in [-0.39, 0.29) is 29.6 Å². The molecule has 0 radical (unpaired) electrons. The molecule has 0 aromatic rings. The first-order chi connectivity index (χ1) is 5.16. The molecule has 0 aliphatic rings. The fraction of sp³-hybridized carbons (Fsp3) is 0.875. The number of alkyl halides is 1. The van der Waals surface area contributed by atoms with E-state index in [1.165, 1.54) is 0 Å². The zero-order valence-corrected chi connectivity index (χ0v) is 9.81. The van der Waals surface area contributed by atoms with Gasteiger partial charge < -0.3 is 9.90 Å². The van der Waals surface area contributed by atoms with Crippen LogP contribution < -0.4 is 34.7 Å². The molecular weight excluding hydrogens is 170 g/mol. The third-order valence-electron chi connectivity index (χ3n) is 1.51. The van der Waals surface area contributed by atoms with Crippen molar-refractivity contribution in [2.24, 2.45) is 0 Å². The summed E-state index contributed by atoms with van der Waals surface area (Å²) >= 11 is 0. The predicted octanol–water partition coefficient (Wildman–Crippen LogP) is -1.95. The number of hydrogen-bond donors (Lipinski definition) is 0. The number of rotatable bonds is 6. The van der Waals surface area contributed by atoms with Crippen LogP contribution in [0.2, 0.25) is 0 Å². The molecule has 12 heavy (non-hydrogen) atoms. The summed E-state index contributed by atoms with van der Waals surface area (Å²) in [7, 11) is 0. The number of aliphatic carboxylic acids is 1. The van der Waals surface area contributed by atoms with Gasteiger partial charge in [-0.25, -0.2) is 4.39 Å². The van der Waals surface area contributed by atoms with Crippen LogP contribution in [-0.2, 0) is 4.79 Å². The maximum absolute atomic E-state index is 12.6. The zero-order chi connectivity index (χ0) is 8.69. The van der Waals surface area contributed by atoms with Gasteiger partial charge in [0.2, 0.25) is 0 Å². The van der Waals surface area contributed by atoms with Crippen molar-refractivity contribution in [2.45, 2.75) is 45.2 Å². The summed E-state index contributed by atoms with van der Waals surface area (Å²) in [6.07, 6.45) is 1.44. The van der Waals surface area contributed by atoms with E-state index in [2.05, 4.69) is 0 Å². The molecule has 0 N–H and O–H groups in total. The molecule has 0 aliphatic heterocycles. The predicted molar refractivity (Wildman–Crippen MR) is 38.7 cm³/mol. The van der Waals surface area contributed by atoms with Crippen molar-refractivity contribution in [1.29, 1.82) is 0 Å². The summed E-state index contributed by atoms with van der Waals surface area (Å²) in [5, 5.41) is 9.89. The van der Waals surface area contributed by atoms with Crippen LogP contribution in [0, 0.1) is 0 Å². The smallest absolute Gasteiger partial charge is 0.550 e. The number of carboxylic acid groups (broad SMARTS) is 1. The molecule has 4 heteroatoms. The molecule has 0 aromatic heterocycles. The second-order valence-corrected chi connectivity index (χ2v) is 2.67. The van der Waals surface area contributed by atoms with Gasteiger partial charge in [-0.15, -0.1) is 0 Å². The van der Waals surface area contributed by atoms with Crippen LogP contribution in [-0.4, -0.2) is 12.1 Å². The van der Waals surface area contributed by atoms with Gasteiger partial charge in [0, 0.05) is 12.4 Å². The molecular formula is C8H14FNaO2. The number of carbonyl (C=O) groups excluding carboxylic acids is 1. The Hall–Kier alpha value is 0.400. The minimum Gasteiger partial charge on any atom is -0.550 e. The summed E-state index contributed by atoms with van der Waals surface area (Å²) in [6, 6.07) is 0. The van der Waals surface area contributed by atoms with E-state index in [4.69, 9.17) is 0 Å². The largest absolute Gasteiger partial charge is 1.00 e. The molecule has 66 valence electrons. The van der Waals surface area contributed by atoms with Crippen molar-refractivity contribution in [3.05, 3.63) is 0 Å². The average Bonchev–Trinajstić information content (AvgIpc) is 1.86. The van der Waals surface area contributed by atoms with E-state index in [9.17, 15) is 14.3 Å². The molecule has 0 heterocycles. The molecule has 2 nitrogen and oxygen atoms in total. The van der Waals surface area contributed by atoms with Gasteiger partial charge in [0.25, 0.3) is 0 Å². The van der Waals surface area contributed by atoms with Gasteiger partial charge in [0.05, 0.1) is 0 Å². The fourth-order valence-corrected chi connectivity index (χ4v) is 0.899. The Kier molecular flexibility index (Phi) is 11.8. The number of halogens is 1. The van der Waals surface area contributed by atoms with E-state index in [0.717, 1.165) is 19.3 Å². The van der Waals surface area contributed by atoms with E-state index < -0.39 is 18.6 Å². The number of unbranched alkanes of at least 4 members (excludes halogenated alkanes) is 2. The van der Waals surface area contributed by atoms with Crippen LogP contribution in [0.25, 0.3) is 0 Å². The average molecular weight is 184 g/mol. The minimum absolute atomic E-state index is 0. The monoisotopic (exact) mass is 184 g/mol. The van der Waals surface area contributed by atoms with Gasteiger partial charge in [-0.3, -0.25) is 0 Å². The van der Waals surface area contributed by atoms with E-state index >= 15 is 0 Å². The van der Waals surface area contributed by atoms with Crippen molar-refractivity contribution in [3.63, 3.8) is 0 Å². The quantitative estimate of drug-likeness (QED) is 0.355. The number of carboxylic acids is 1. The summed E-state index contributed by atoms with van der Waals surface area (Å²) in [5.74, 6) is -1.30. The zero-order valence-electron chi connectivity index (χ0n) is 7.81. The van der Waals surface area contributed by atoms with Crippen molar-refractivity contribution >= 4 is 5.97 Å². The van der Waals surface area contributed by atoms with Crippen LogP contribution in [0.5, 0.6) is 0 Å². The van der Waals surface area contributed by atoms with Crippen molar-refractivity contribution in [3.8, 4) is 0 Å². The molecule has 0 fully saturated rings. The molecule has 0 saturated heterocycles. The number of hydrogen-bond acceptors (Lipinski definition) is 2. The third kappa shape index (κ3) is 10.4. The van der Waals surface area contributed by atoms with Crippen molar-refractivity contribution in [2.75, 3.05) is 0 Å². The van der Waals surface area contributed by atoms with E-state index in [0.29, 0.717) is 6.42 Å². The van der Waals surface area contributed by atoms with Gasteiger partial charge in [-0.05, 0) is 6.42 Å².